The van der Waals surface area contributed by atoms with Crippen LogP contribution in [0.2, 0.25) is 5.02 Å². The van der Waals surface area contributed by atoms with Crippen LogP contribution in [0.3, 0.4) is 0 Å². The minimum atomic E-state index is -0.369. The molecule has 6 nitrogen and oxygen atoms in total. The second-order valence-electron chi connectivity index (χ2n) is 5.92. The van der Waals surface area contributed by atoms with Crippen molar-refractivity contribution in [2.45, 2.75) is 6.42 Å². The molecule has 7 heteroatoms. The molecule has 1 amide bonds. The van der Waals surface area contributed by atoms with Crippen molar-refractivity contribution >= 4 is 28.9 Å². The molecule has 0 saturated carbocycles. The maximum Gasteiger partial charge on any atom is 0.292 e. The standard InChI is InChI=1S/C18H18ClN3O3/c19-15-5-3-4-14(12-15)13-18(23)21-10-8-20(9-11-21)16-6-1-2-7-17(16)22(24)25/h1-7,12H,8-11,13H2. The topological polar surface area (TPSA) is 66.7 Å². The molecule has 0 N–H and O–H groups in total. The van der Waals surface area contributed by atoms with Crippen molar-refractivity contribution in [3.8, 4) is 0 Å². The number of halogens is 1. The molecule has 1 fully saturated rings. The van der Waals surface area contributed by atoms with Crippen LogP contribution in [0.25, 0.3) is 0 Å². The number of carbonyl (C=O) groups excluding carboxylic acids is 1. The molecular formula is C18H18ClN3O3. The van der Waals surface area contributed by atoms with Crippen molar-refractivity contribution < 1.29 is 9.72 Å². The van der Waals surface area contributed by atoms with Crippen molar-refractivity contribution in [1.29, 1.82) is 0 Å². The summed E-state index contributed by atoms with van der Waals surface area (Å²) in [6, 6.07) is 14.0. The average Bonchev–Trinajstić information content (AvgIpc) is 2.62. The number of nitrogens with zero attached hydrogens (tertiary/aromatic N) is 3. The Kier molecular flexibility index (Phi) is 5.19. The van der Waals surface area contributed by atoms with E-state index in [1.807, 2.05) is 17.0 Å². The Morgan fingerprint density at radius 3 is 2.48 bits per heavy atom. The van der Waals surface area contributed by atoms with E-state index in [0.717, 1.165) is 5.56 Å². The summed E-state index contributed by atoms with van der Waals surface area (Å²) in [6.45, 7) is 2.25. The van der Waals surface area contributed by atoms with Gasteiger partial charge in [-0.05, 0) is 23.8 Å². The van der Waals surface area contributed by atoms with Crippen LogP contribution >= 0.6 is 11.6 Å². The third-order valence-electron chi connectivity index (χ3n) is 4.30. The van der Waals surface area contributed by atoms with Gasteiger partial charge in [-0.2, -0.15) is 0 Å². The molecule has 25 heavy (non-hydrogen) atoms. The number of rotatable bonds is 4. The van der Waals surface area contributed by atoms with Gasteiger partial charge in [0.1, 0.15) is 5.69 Å². The van der Waals surface area contributed by atoms with Crippen LogP contribution in [0.1, 0.15) is 5.56 Å². The molecular weight excluding hydrogens is 342 g/mol. The molecule has 1 heterocycles. The van der Waals surface area contributed by atoms with Crippen molar-refractivity contribution in [2.24, 2.45) is 0 Å². The Balaban J connectivity index is 1.62. The molecule has 0 radical (unpaired) electrons. The van der Waals surface area contributed by atoms with Gasteiger partial charge in [-0.1, -0.05) is 35.9 Å². The van der Waals surface area contributed by atoms with Gasteiger partial charge in [0.05, 0.1) is 11.3 Å². The van der Waals surface area contributed by atoms with Crippen LogP contribution in [0.15, 0.2) is 48.5 Å². The molecule has 130 valence electrons. The molecule has 1 aliphatic rings. The zero-order valence-corrected chi connectivity index (χ0v) is 14.4. The van der Waals surface area contributed by atoms with Crippen molar-refractivity contribution in [3.05, 3.63) is 69.2 Å². The van der Waals surface area contributed by atoms with E-state index in [1.54, 1.807) is 35.2 Å². The lowest BCUT2D eigenvalue weighted by Crippen LogP contribution is -2.49. The van der Waals surface area contributed by atoms with Gasteiger partial charge in [0.15, 0.2) is 0 Å². The first-order valence-electron chi connectivity index (χ1n) is 8.05. The Morgan fingerprint density at radius 1 is 1.08 bits per heavy atom. The van der Waals surface area contributed by atoms with E-state index < -0.39 is 0 Å². The van der Waals surface area contributed by atoms with Crippen LogP contribution in [-0.4, -0.2) is 41.9 Å². The smallest absolute Gasteiger partial charge is 0.292 e. The van der Waals surface area contributed by atoms with Crippen LogP contribution in [-0.2, 0) is 11.2 Å². The summed E-state index contributed by atoms with van der Waals surface area (Å²) in [5, 5.41) is 11.8. The second-order valence-corrected chi connectivity index (χ2v) is 6.36. The number of hydrogen-bond acceptors (Lipinski definition) is 4. The monoisotopic (exact) mass is 359 g/mol. The third kappa shape index (κ3) is 4.09. The average molecular weight is 360 g/mol. The lowest BCUT2D eigenvalue weighted by atomic mass is 10.1. The van der Waals surface area contributed by atoms with E-state index >= 15 is 0 Å². The number of anilines is 1. The lowest BCUT2D eigenvalue weighted by molar-refractivity contribution is -0.384. The van der Waals surface area contributed by atoms with E-state index in [1.165, 1.54) is 6.07 Å². The number of para-hydroxylation sites is 2. The fraction of sp³-hybridized carbons (Fsp3) is 0.278. The zero-order valence-electron chi connectivity index (χ0n) is 13.6. The summed E-state index contributed by atoms with van der Waals surface area (Å²) in [6.07, 6.45) is 0.312. The highest BCUT2D eigenvalue weighted by molar-refractivity contribution is 6.30. The summed E-state index contributed by atoms with van der Waals surface area (Å²) in [4.78, 5) is 27.0. The van der Waals surface area contributed by atoms with Gasteiger partial charge in [0.25, 0.3) is 5.69 Å². The number of piperazine rings is 1. The molecule has 0 aromatic heterocycles. The van der Waals surface area contributed by atoms with Crippen LogP contribution in [0.5, 0.6) is 0 Å². The predicted molar refractivity (Wildman–Crippen MR) is 97.0 cm³/mol. The molecule has 0 spiro atoms. The van der Waals surface area contributed by atoms with E-state index in [9.17, 15) is 14.9 Å². The summed E-state index contributed by atoms with van der Waals surface area (Å²) in [5.74, 6) is 0.0458. The number of nitro benzene ring substituents is 1. The first-order chi connectivity index (χ1) is 12.0. The van der Waals surface area contributed by atoms with Gasteiger partial charge in [-0.15, -0.1) is 0 Å². The molecule has 1 saturated heterocycles. The summed E-state index contributed by atoms with van der Waals surface area (Å²) >= 11 is 5.95. The fourth-order valence-electron chi connectivity index (χ4n) is 3.02. The Morgan fingerprint density at radius 2 is 1.80 bits per heavy atom. The first-order valence-corrected chi connectivity index (χ1v) is 8.43. The van der Waals surface area contributed by atoms with Gasteiger partial charge in [-0.25, -0.2) is 0 Å². The van der Waals surface area contributed by atoms with Crippen molar-refractivity contribution in [2.75, 3.05) is 31.1 Å². The Labute approximate surface area is 150 Å². The Bertz CT molecular complexity index is 789. The second kappa shape index (κ2) is 7.53. The van der Waals surface area contributed by atoms with Gasteiger partial charge >= 0.3 is 0 Å². The number of hydrogen-bond donors (Lipinski definition) is 0. The van der Waals surface area contributed by atoms with Gasteiger partial charge in [0.2, 0.25) is 5.91 Å². The van der Waals surface area contributed by atoms with Gasteiger partial charge in [-0.3, -0.25) is 14.9 Å². The minimum absolute atomic E-state index is 0.0458. The number of amides is 1. The lowest BCUT2D eigenvalue weighted by Gasteiger charge is -2.35. The number of nitro groups is 1. The molecule has 0 aliphatic carbocycles. The minimum Gasteiger partial charge on any atom is -0.362 e. The number of benzene rings is 2. The highest BCUT2D eigenvalue weighted by Crippen LogP contribution is 2.28. The molecule has 0 unspecified atom stereocenters. The van der Waals surface area contributed by atoms with Crippen molar-refractivity contribution in [3.63, 3.8) is 0 Å². The van der Waals surface area contributed by atoms with Crippen LogP contribution in [0, 0.1) is 10.1 Å². The maximum absolute atomic E-state index is 12.5. The molecule has 0 bridgehead atoms. The molecule has 3 rings (SSSR count). The normalized spacial score (nSPS) is 14.4. The largest absolute Gasteiger partial charge is 0.362 e. The van der Waals surface area contributed by atoms with Crippen molar-refractivity contribution in [1.82, 2.24) is 4.90 Å². The third-order valence-corrected chi connectivity index (χ3v) is 4.53. The molecule has 2 aromatic carbocycles. The highest BCUT2D eigenvalue weighted by atomic mass is 35.5. The van der Waals surface area contributed by atoms with Gasteiger partial charge < -0.3 is 9.80 Å². The highest BCUT2D eigenvalue weighted by Gasteiger charge is 2.25. The van der Waals surface area contributed by atoms with Gasteiger partial charge in [0, 0.05) is 37.3 Å². The quantitative estimate of drug-likeness (QED) is 0.621. The predicted octanol–water partition coefficient (Wildman–Crippen LogP) is 3.14. The Hall–Kier alpha value is -2.60. The SMILES string of the molecule is O=C(Cc1cccc(Cl)c1)N1CCN(c2ccccc2[N+](=O)[O-])CC1. The maximum atomic E-state index is 12.5. The summed E-state index contributed by atoms with van der Waals surface area (Å²) < 4.78 is 0. The van der Waals surface area contributed by atoms with E-state index in [-0.39, 0.29) is 16.5 Å². The summed E-state index contributed by atoms with van der Waals surface area (Å²) in [7, 11) is 0. The van der Waals surface area contributed by atoms with E-state index in [4.69, 9.17) is 11.6 Å². The number of carbonyl (C=O) groups is 1. The molecule has 2 aromatic rings. The summed E-state index contributed by atoms with van der Waals surface area (Å²) in [5.41, 5.74) is 1.59. The molecule has 1 aliphatic heterocycles. The molecule has 0 atom stereocenters. The van der Waals surface area contributed by atoms with Crippen LogP contribution in [0.4, 0.5) is 11.4 Å². The first kappa shape index (κ1) is 17.2. The van der Waals surface area contributed by atoms with E-state index in [0.29, 0.717) is 43.3 Å². The van der Waals surface area contributed by atoms with Crippen LogP contribution < -0.4 is 4.90 Å². The zero-order chi connectivity index (χ0) is 17.8. The fourth-order valence-corrected chi connectivity index (χ4v) is 3.23. The van der Waals surface area contributed by atoms with E-state index in [2.05, 4.69) is 0 Å².